The molecule has 0 aliphatic carbocycles. The molecular formula is C17H30IN3O2S. The lowest BCUT2D eigenvalue weighted by Gasteiger charge is -2.13. The number of aliphatic imine (C=N–C) groups is 1. The normalized spacial score (nSPS) is 12.5. The third kappa shape index (κ3) is 10.9. The Bertz CT molecular complexity index is 478. The summed E-state index contributed by atoms with van der Waals surface area (Å²) >= 11 is 1.79. The Morgan fingerprint density at radius 1 is 1.33 bits per heavy atom. The van der Waals surface area contributed by atoms with Crippen LogP contribution in [0.4, 0.5) is 0 Å². The maximum Gasteiger partial charge on any atom is 0.307 e. The van der Waals surface area contributed by atoms with Crippen molar-refractivity contribution in [1.29, 1.82) is 0 Å². The van der Waals surface area contributed by atoms with E-state index in [0.29, 0.717) is 18.9 Å². The number of thiophene rings is 1. The molecule has 1 unspecified atom stereocenters. The molecule has 7 heteroatoms. The second-order valence-corrected chi connectivity index (χ2v) is 6.86. The highest BCUT2D eigenvalue weighted by atomic mass is 127. The van der Waals surface area contributed by atoms with Gasteiger partial charge in [-0.1, -0.05) is 13.0 Å². The molecule has 0 radical (unpaired) electrons. The number of nitrogens with zero attached hydrogens (tertiary/aromatic N) is 1. The first-order valence-electron chi connectivity index (χ1n) is 8.25. The summed E-state index contributed by atoms with van der Waals surface area (Å²) in [4.78, 5) is 17.5. The van der Waals surface area contributed by atoms with Gasteiger partial charge in [0, 0.05) is 24.5 Å². The fourth-order valence-electron chi connectivity index (χ4n) is 2.03. The van der Waals surface area contributed by atoms with Crippen LogP contribution in [0.2, 0.25) is 0 Å². The molecule has 0 saturated heterocycles. The van der Waals surface area contributed by atoms with E-state index in [0.717, 1.165) is 25.5 Å². The van der Waals surface area contributed by atoms with Crippen LogP contribution in [0.1, 0.15) is 39.0 Å². The highest BCUT2D eigenvalue weighted by molar-refractivity contribution is 14.0. The molecule has 0 aliphatic rings. The van der Waals surface area contributed by atoms with Gasteiger partial charge in [0.2, 0.25) is 0 Å². The van der Waals surface area contributed by atoms with Gasteiger partial charge in [0.1, 0.15) is 0 Å². The lowest BCUT2D eigenvalue weighted by molar-refractivity contribution is -0.147. The summed E-state index contributed by atoms with van der Waals surface area (Å²) in [6, 6.07) is 4.24. The summed E-state index contributed by atoms with van der Waals surface area (Å²) in [7, 11) is 0. The van der Waals surface area contributed by atoms with Gasteiger partial charge in [0.15, 0.2) is 5.96 Å². The first-order valence-corrected chi connectivity index (χ1v) is 9.13. The van der Waals surface area contributed by atoms with Gasteiger partial charge in [-0.05, 0) is 44.6 Å². The smallest absolute Gasteiger partial charge is 0.307 e. The molecule has 1 atom stereocenters. The molecule has 2 N–H and O–H groups in total. The summed E-state index contributed by atoms with van der Waals surface area (Å²) < 4.78 is 5.11. The molecule has 1 aromatic rings. The fraction of sp³-hybridized carbons (Fsp3) is 0.647. The number of carbonyl (C=O) groups is 1. The molecule has 0 spiro atoms. The van der Waals surface area contributed by atoms with Crippen LogP contribution in [0.5, 0.6) is 0 Å². The second kappa shape index (κ2) is 13.5. The van der Waals surface area contributed by atoms with Gasteiger partial charge in [0.25, 0.3) is 0 Å². The first kappa shape index (κ1) is 23.2. The zero-order valence-corrected chi connectivity index (χ0v) is 18.1. The minimum Gasteiger partial charge on any atom is -0.463 e. The van der Waals surface area contributed by atoms with Gasteiger partial charge in [-0.3, -0.25) is 9.79 Å². The van der Waals surface area contributed by atoms with Crippen molar-refractivity contribution in [3.05, 3.63) is 22.4 Å². The van der Waals surface area contributed by atoms with E-state index in [9.17, 15) is 4.79 Å². The largest absolute Gasteiger partial charge is 0.463 e. The van der Waals surface area contributed by atoms with E-state index in [1.54, 1.807) is 11.3 Å². The minimum atomic E-state index is -0.186. The average molecular weight is 467 g/mol. The molecular weight excluding hydrogens is 437 g/mol. The van der Waals surface area contributed by atoms with Gasteiger partial charge in [-0.2, -0.15) is 0 Å². The zero-order valence-electron chi connectivity index (χ0n) is 15.0. The van der Waals surface area contributed by atoms with Gasteiger partial charge in [-0.15, -0.1) is 35.3 Å². The third-order valence-electron chi connectivity index (χ3n) is 3.02. The third-order valence-corrected chi connectivity index (χ3v) is 3.92. The quantitative estimate of drug-likeness (QED) is 0.253. The van der Waals surface area contributed by atoms with Crippen molar-refractivity contribution in [2.45, 2.75) is 46.6 Å². The van der Waals surface area contributed by atoms with Gasteiger partial charge in [0.05, 0.1) is 12.5 Å². The van der Waals surface area contributed by atoms with Crippen LogP contribution in [0, 0.1) is 5.92 Å². The Morgan fingerprint density at radius 3 is 2.67 bits per heavy atom. The molecule has 0 bridgehead atoms. The van der Waals surface area contributed by atoms with Crippen LogP contribution in [-0.2, 0) is 16.0 Å². The topological polar surface area (TPSA) is 62.7 Å². The van der Waals surface area contributed by atoms with E-state index >= 15 is 0 Å². The number of hydrogen-bond donors (Lipinski definition) is 2. The first-order chi connectivity index (χ1) is 11.0. The Hall–Kier alpha value is -0.830. The van der Waals surface area contributed by atoms with Crippen LogP contribution in [-0.4, -0.2) is 37.7 Å². The van der Waals surface area contributed by atoms with Gasteiger partial charge < -0.3 is 15.4 Å². The molecule has 0 amide bonds. The number of guanidine groups is 1. The minimum absolute atomic E-state index is 0. The van der Waals surface area contributed by atoms with Crippen LogP contribution in [0.15, 0.2) is 22.5 Å². The summed E-state index contributed by atoms with van der Waals surface area (Å²) in [5, 5.41) is 8.48. The zero-order chi connectivity index (χ0) is 17.1. The van der Waals surface area contributed by atoms with Crippen molar-refractivity contribution in [1.82, 2.24) is 10.6 Å². The summed E-state index contributed by atoms with van der Waals surface area (Å²) in [5.74, 6) is 1.05. The second-order valence-electron chi connectivity index (χ2n) is 5.82. The molecule has 0 fully saturated rings. The number of carbonyl (C=O) groups excluding carboxylic acids is 1. The van der Waals surface area contributed by atoms with Crippen molar-refractivity contribution >= 4 is 47.2 Å². The molecule has 0 aliphatic heterocycles. The van der Waals surface area contributed by atoms with Crippen molar-refractivity contribution in [2.75, 3.05) is 19.6 Å². The lowest BCUT2D eigenvalue weighted by Crippen LogP contribution is -2.38. The lowest BCUT2D eigenvalue weighted by atomic mass is 10.1. The van der Waals surface area contributed by atoms with E-state index in [1.807, 2.05) is 20.8 Å². The van der Waals surface area contributed by atoms with Crippen molar-refractivity contribution in [3.63, 3.8) is 0 Å². The van der Waals surface area contributed by atoms with E-state index in [-0.39, 0.29) is 36.0 Å². The molecule has 24 heavy (non-hydrogen) atoms. The maximum absolute atomic E-state index is 11.5. The van der Waals surface area contributed by atoms with Crippen LogP contribution in [0.3, 0.4) is 0 Å². The molecule has 0 saturated carbocycles. The number of nitrogens with one attached hydrogen (secondary N) is 2. The Labute approximate surface area is 166 Å². The molecule has 1 rings (SSSR count). The number of ether oxygens (including phenoxy) is 1. The van der Waals surface area contributed by atoms with Gasteiger partial charge >= 0.3 is 5.97 Å². The summed E-state index contributed by atoms with van der Waals surface area (Å²) in [6.07, 6.45) is 1.32. The van der Waals surface area contributed by atoms with E-state index in [1.165, 1.54) is 4.88 Å². The Morgan fingerprint density at radius 2 is 2.08 bits per heavy atom. The van der Waals surface area contributed by atoms with E-state index in [4.69, 9.17) is 4.74 Å². The van der Waals surface area contributed by atoms with Crippen molar-refractivity contribution < 1.29 is 9.53 Å². The number of hydrogen-bond acceptors (Lipinski definition) is 4. The SMILES string of the molecule is CCNC(=NCC(C)Cc1cccs1)NCCC(=O)OC(C)C.I. The van der Waals surface area contributed by atoms with Crippen molar-refractivity contribution in [3.8, 4) is 0 Å². The average Bonchev–Trinajstić information content (AvgIpc) is 2.96. The predicted octanol–water partition coefficient (Wildman–Crippen LogP) is 3.44. The predicted molar refractivity (Wildman–Crippen MR) is 112 cm³/mol. The van der Waals surface area contributed by atoms with Crippen LogP contribution >= 0.6 is 35.3 Å². The fourth-order valence-corrected chi connectivity index (χ4v) is 2.90. The monoisotopic (exact) mass is 467 g/mol. The Kier molecular flexibility index (Phi) is 13.0. The number of esters is 1. The van der Waals surface area contributed by atoms with Crippen molar-refractivity contribution in [2.24, 2.45) is 10.9 Å². The Balaban J connectivity index is 0.00000529. The molecule has 1 aromatic heterocycles. The number of rotatable bonds is 9. The van der Waals surface area contributed by atoms with Gasteiger partial charge in [-0.25, -0.2) is 0 Å². The highest BCUT2D eigenvalue weighted by Gasteiger charge is 2.07. The standard InChI is InChI=1S/C17H29N3O2S.HI/c1-5-18-17(19-9-8-16(21)22-13(2)3)20-12-14(4)11-15-7-6-10-23-15;/h6-7,10,13-14H,5,8-9,11-12H2,1-4H3,(H2,18,19,20);1H. The molecule has 0 aromatic carbocycles. The van der Waals surface area contributed by atoms with E-state index < -0.39 is 0 Å². The van der Waals surface area contributed by atoms with E-state index in [2.05, 4.69) is 40.1 Å². The molecule has 5 nitrogen and oxygen atoms in total. The number of halogens is 1. The van der Waals surface area contributed by atoms with Crippen LogP contribution in [0.25, 0.3) is 0 Å². The molecule has 1 heterocycles. The molecule has 138 valence electrons. The highest BCUT2D eigenvalue weighted by Crippen LogP contribution is 2.14. The summed E-state index contributed by atoms with van der Waals surface area (Å²) in [5.41, 5.74) is 0. The maximum atomic E-state index is 11.5. The summed E-state index contributed by atoms with van der Waals surface area (Å²) in [6.45, 7) is 10.0. The van der Waals surface area contributed by atoms with Crippen LogP contribution < -0.4 is 10.6 Å².